The fraction of sp³-hybridized carbons (Fsp3) is 0.241. The lowest BCUT2D eigenvalue weighted by atomic mass is 9.97. The minimum atomic E-state index is -0.372. The molecular weight excluding hydrogens is 506 g/mol. The number of nitrogens with zero attached hydrogens (tertiary/aromatic N) is 2. The molecule has 6 nitrogen and oxygen atoms in total. The van der Waals surface area contributed by atoms with Crippen molar-refractivity contribution in [2.45, 2.75) is 25.0 Å². The van der Waals surface area contributed by atoms with Gasteiger partial charge in [0, 0.05) is 30.2 Å². The molecule has 198 valence electrons. The Morgan fingerprint density at radius 2 is 1.76 bits per heavy atom. The summed E-state index contributed by atoms with van der Waals surface area (Å²) in [6, 6.07) is 17.1. The standard InChI is InChI=1S/C29H30F2N4O2S/c1-38-15-12-25(18-36)34-29(37)26-11-10-24(16-27(26)20-2-6-22(30)7-3-20)33-28(17-35-14-13-32-19-35)21-4-8-23(31)9-5-21/h2-11,13-14,16,19,25,28,33,36H,12,15,17-18H2,1H3,(H,34,37)/t25-,28?/m0/s1. The van der Waals surface area contributed by atoms with Gasteiger partial charge in [0.25, 0.3) is 5.91 Å². The number of aliphatic hydroxyl groups excluding tert-OH is 1. The number of aromatic nitrogens is 2. The van der Waals surface area contributed by atoms with Crippen LogP contribution in [0.15, 0.2) is 85.5 Å². The third-order valence-corrected chi connectivity index (χ3v) is 6.86. The number of hydrogen-bond donors (Lipinski definition) is 3. The zero-order chi connectivity index (χ0) is 26.9. The summed E-state index contributed by atoms with van der Waals surface area (Å²) in [5.41, 5.74) is 3.33. The van der Waals surface area contributed by atoms with E-state index in [2.05, 4.69) is 15.6 Å². The summed E-state index contributed by atoms with van der Waals surface area (Å²) in [6.45, 7) is 0.374. The Morgan fingerprint density at radius 3 is 2.39 bits per heavy atom. The Bertz CT molecular complexity index is 1320. The Morgan fingerprint density at radius 1 is 1.05 bits per heavy atom. The number of carbonyl (C=O) groups is 1. The van der Waals surface area contributed by atoms with Crippen LogP contribution in [0.2, 0.25) is 0 Å². The summed E-state index contributed by atoms with van der Waals surface area (Å²) in [6.07, 6.45) is 7.87. The molecule has 3 N–H and O–H groups in total. The van der Waals surface area contributed by atoms with Gasteiger partial charge in [0.05, 0.1) is 25.0 Å². The quantitative estimate of drug-likeness (QED) is 0.222. The number of thioether (sulfide) groups is 1. The van der Waals surface area contributed by atoms with Crippen LogP contribution < -0.4 is 10.6 Å². The van der Waals surface area contributed by atoms with Crippen molar-refractivity contribution in [3.63, 3.8) is 0 Å². The van der Waals surface area contributed by atoms with Gasteiger partial charge in [-0.15, -0.1) is 0 Å². The molecule has 0 aliphatic carbocycles. The maximum absolute atomic E-state index is 13.7. The number of rotatable bonds is 12. The highest BCUT2D eigenvalue weighted by molar-refractivity contribution is 7.98. The van der Waals surface area contributed by atoms with Crippen molar-refractivity contribution in [3.8, 4) is 11.1 Å². The highest BCUT2D eigenvalue weighted by Crippen LogP contribution is 2.30. The molecule has 3 aromatic carbocycles. The van der Waals surface area contributed by atoms with Gasteiger partial charge in [-0.2, -0.15) is 11.8 Å². The number of carbonyl (C=O) groups excluding carboxylic acids is 1. The summed E-state index contributed by atoms with van der Waals surface area (Å²) < 4.78 is 29.2. The smallest absolute Gasteiger partial charge is 0.252 e. The van der Waals surface area contributed by atoms with Gasteiger partial charge in [-0.25, -0.2) is 13.8 Å². The van der Waals surface area contributed by atoms with Gasteiger partial charge in [0.2, 0.25) is 0 Å². The third kappa shape index (κ3) is 7.20. The molecule has 0 saturated carbocycles. The monoisotopic (exact) mass is 536 g/mol. The second-order valence-corrected chi connectivity index (χ2v) is 9.90. The van der Waals surface area contributed by atoms with Crippen LogP contribution in [0.5, 0.6) is 0 Å². The van der Waals surface area contributed by atoms with E-state index in [1.165, 1.54) is 24.3 Å². The fourth-order valence-electron chi connectivity index (χ4n) is 4.17. The summed E-state index contributed by atoms with van der Waals surface area (Å²) >= 11 is 1.64. The summed E-state index contributed by atoms with van der Waals surface area (Å²) in [5, 5.41) is 16.2. The number of imidazole rings is 1. The highest BCUT2D eigenvalue weighted by atomic mass is 32.2. The van der Waals surface area contributed by atoms with E-state index in [9.17, 15) is 18.7 Å². The second kappa shape index (κ2) is 13.2. The number of aliphatic hydroxyl groups is 1. The normalized spacial score (nSPS) is 12.6. The summed E-state index contributed by atoms with van der Waals surface area (Å²) in [4.78, 5) is 17.4. The largest absolute Gasteiger partial charge is 0.394 e. The van der Waals surface area contributed by atoms with Crippen LogP contribution >= 0.6 is 11.8 Å². The molecule has 0 spiro atoms. The molecule has 0 aliphatic rings. The van der Waals surface area contributed by atoms with Crippen molar-refractivity contribution in [2.24, 2.45) is 0 Å². The Labute approximate surface area is 225 Å². The zero-order valence-corrected chi connectivity index (χ0v) is 21.8. The molecule has 1 aromatic heterocycles. The fourth-order valence-corrected chi connectivity index (χ4v) is 4.69. The van der Waals surface area contributed by atoms with Crippen molar-refractivity contribution in [1.29, 1.82) is 0 Å². The first-order chi connectivity index (χ1) is 18.5. The molecule has 0 bridgehead atoms. The first kappa shape index (κ1) is 27.3. The first-order valence-electron chi connectivity index (χ1n) is 12.2. The molecule has 4 aromatic rings. The van der Waals surface area contributed by atoms with E-state index < -0.39 is 0 Å². The molecule has 1 amide bonds. The van der Waals surface area contributed by atoms with Crippen LogP contribution in [-0.4, -0.2) is 45.2 Å². The van der Waals surface area contributed by atoms with Crippen LogP contribution in [0.25, 0.3) is 11.1 Å². The minimum Gasteiger partial charge on any atom is -0.394 e. The average Bonchev–Trinajstić information content (AvgIpc) is 3.44. The summed E-state index contributed by atoms with van der Waals surface area (Å²) in [5.74, 6) is -0.198. The van der Waals surface area contributed by atoms with E-state index in [0.29, 0.717) is 29.7 Å². The van der Waals surface area contributed by atoms with Crippen LogP contribution in [0.1, 0.15) is 28.4 Å². The minimum absolute atomic E-state index is 0.161. The van der Waals surface area contributed by atoms with Crippen molar-refractivity contribution < 1.29 is 18.7 Å². The molecule has 0 radical (unpaired) electrons. The molecule has 0 fully saturated rings. The van der Waals surface area contributed by atoms with Crippen molar-refractivity contribution in [1.82, 2.24) is 14.9 Å². The zero-order valence-electron chi connectivity index (χ0n) is 21.0. The second-order valence-electron chi connectivity index (χ2n) is 8.91. The maximum Gasteiger partial charge on any atom is 0.252 e. The number of anilines is 1. The van der Waals surface area contributed by atoms with Gasteiger partial charge in [-0.3, -0.25) is 4.79 Å². The van der Waals surface area contributed by atoms with Crippen molar-refractivity contribution in [2.75, 3.05) is 23.9 Å². The van der Waals surface area contributed by atoms with Gasteiger partial charge in [-0.1, -0.05) is 24.3 Å². The molecule has 9 heteroatoms. The van der Waals surface area contributed by atoms with E-state index in [1.807, 2.05) is 29.2 Å². The maximum atomic E-state index is 13.7. The molecule has 1 heterocycles. The number of benzene rings is 3. The van der Waals surface area contributed by atoms with Gasteiger partial charge in [0.15, 0.2) is 0 Å². The van der Waals surface area contributed by atoms with Crippen molar-refractivity contribution >= 4 is 23.4 Å². The predicted molar refractivity (Wildman–Crippen MR) is 148 cm³/mol. The molecular formula is C29H30F2N4O2S. The lowest BCUT2D eigenvalue weighted by molar-refractivity contribution is 0.0916. The van der Waals surface area contributed by atoms with Crippen molar-refractivity contribution in [3.05, 3.63) is 108 Å². The Kier molecular flexibility index (Phi) is 9.51. The number of hydrogen-bond acceptors (Lipinski definition) is 5. The topological polar surface area (TPSA) is 79.2 Å². The lowest BCUT2D eigenvalue weighted by Gasteiger charge is -2.23. The molecule has 0 aliphatic heterocycles. The van der Waals surface area contributed by atoms with Crippen LogP contribution in [-0.2, 0) is 6.54 Å². The van der Waals surface area contributed by atoms with E-state index in [4.69, 9.17) is 0 Å². The van der Waals surface area contributed by atoms with Crippen LogP contribution in [0.4, 0.5) is 14.5 Å². The highest BCUT2D eigenvalue weighted by Gasteiger charge is 2.19. The van der Waals surface area contributed by atoms with Gasteiger partial charge >= 0.3 is 0 Å². The van der Waals surface area contributed by atoms with Crippen LogP contribution in [0, 0.1) is 11.6 Å². The van der Waals surface area contributed by atoms with E-state index in [1.54, 1.807) is 54.6 Å². The Balaban J connectivity index is 1.67. The number of amides is 1. The number of nitrogens with one attached hydrogen (secondary N) is 2. The predicted octanol–water partition coefficient (Wildman–Crippen LogP) is 5.53. The SMILES string of the molecule is CSCC[C@@H](CO)NC(=O)c1ccc(NC(Cn2ccnc2)c2ccc(F)cc2)cc1-c1ccc(F)cc1. The van der Waals surface area contributed by atoms with Crippen LogP contribution in [0.3, 0.4) is 0 Å². The van der Waals surface area contributed by atoms with Gasteiger partial charge < -0.3 is 20.3 Å². The average molecular weight is 537 g/mol. The Hall–Kier alpha value is -3.69. The van der Waals surface area contributed by atoms with Gasteiger partial charge in [0.1, 0.15) is 11.6 Å². The van der Waals surface area contributed by atoms with E-state index in [-0.39, 0.29) is 36.2 Å². The number of halogens is 2. The molecule has 0 saturated heterocycles. The van der Waals surface area contributed by atoms with E-state index >= 15 is 0 Å². The van der Waals surface area contributed by atoms with E-state index in [0.717, 1.165) is 17.0 Å². The third-order valence-electron chi connectivity index (χ3n) is 6.21. The molecule has 2 atom stereocenters. The molecule has 4 rings (SSSR count). The van der Waals surface area contributed by atoms with Gasteiger partial charge in [-0.05, 0) is 77.6 Å². The lowest BCUT2D eigenvalue weighted by Crippen LogP contribution is -2.38. The molecule has 1 unspecified atom stereocenters. The molecule has 38 heavy (non-hydrogen) atoms. The first-order valence-corrected chi connectivity index (χ1v) is 13.6. The summed E-state index contributed by atoms with van der Waals surface area (Å²) in [7, 11) is 0.